The second-order valence-electron chi connectivity index (χ2n) is 12.7. The summed E-state index contributed by atoms with van der Waals surface area (Å²) in [6.45, 7) is 4.61. The monoisotopic (exact) mass is 638 g/mol. The number of benzene rings is 1. The number of unbranched alkanes of at least 4 members (excludes halogenated alkanes) is 18. The number of rotatable bonds is 22. The van der Waals surface area contributed by atoms with E-state index in [0.29, 0.717) is 0 Å². The van der Waals surface area contributed by atoms with Crippen LogP contribution in [0.25, 0.3) is 39.0 Å². The van der Waals surface area contributed by atoms with Gasteiger partial charge in [-0.3, -0.25) is 0 Å². The molecule has 42 heavy (non-hydrogen) atoms. The molecule has 0 fully saturated rings. The van der Waals surface area contributed by atoms with Crippen LogP contribution in [0.15, 0.2) is 24.3 Å². The molecule has 0 unspecified atom stereocenters. The molecule has 0 radical (unpaired) electrons. The molecule has 0 amide bonds. The molecule has 0 saturated heterocycles. The van der Waals surface area contributed by atoms with Crippen molar-refractivity contribution < 1.29 is 0 Å². The maximum atomic E-state index is 2.52. The van der Waals surface area contributed by atoms with Gasteiger partial charge in [-0.05, 0) is 49.9 Å². The molecule has 0 aliphatic rings. The Morgan fingerprint density at radius 2 is 0.690 bits per heavy atom. The van der Waals surface area contributed by atoms with Gasteiger partial charge in [0.15, 0.2) is 0 Å². The molecule has 1 aromatic carbocycles. The van der Waals surface area contributed by atoms with Crippen molar-refractivity contribution in [3.8, 4) is 0 Å². The van der Waals surface area contributed by atoms with Crippen molar-refractivity contribution in [2.75, 3.05) is 0 Å². The zero-order valence-electron chi connectivity index (χ0n) is 26.5. The van der Waals surface area contributed by atoms with Gasteiger partial charge in [-0.25, -0.2) is 0 Å². The average Bonchev–Trinajstić information content (AvgIpc) is 3.73. The van der Waals surface area contributed by atoms with E-state index in [1.54, 1.807) is 9.75 Å². The molecular formula is C38H54S4. The standard InChI is InChI=1S/C38H54S4/c1-3-5-7-9-11-13-15-17-19-21-23-29-25-35-37(39-29)31-27-34-32(28-33(31)41-35)38-36(42-34)26-30(40-38)24-22-20-18-16-14-12-10-8-6-4-2/h25-28H,3-24H2,1-2H3. The molecule has 230 valence electrons. The van der Waals surface area contributed by atoms with Crippen LogP contribution < -0.4 is 0 Å². The molecule has 4 heteroatoms. The highest BCUT2D eigenvalue weighted by Crippen LogP contribution is 2.46. The van der Waals surface area contributed by atoms with E-state index in [1.807, 2.05) is 22.7 Å². The van der Waals surface area contributed by atoms with E-state index in [1.165, 1.54) is 180 Å². The van der Waals surface area contributed by atoms with E-state index in [-0.39, 0.29) is 0 Å². The third-order valence-electron chi connectivity index (χ3n) is 9.06. The summed E-state index contributed by atoms with van der Waals surface area (Å²) in [5, 5.41) is 3.00. The molecule has 0 aliphatic carbocycles. The molecule has 0 nitrogen and oxygen atoms in total. The Kier molecular flexibility index (Phi) is 13.5. The van der Waals surface area contributed by atoms with E-state index in [9.17, 15) is 0 Å². The molecule has 0 spiro atoms. The van der Waals surface area contributed by atoms with Crippen LogP contribution in [0.2, 0.25) is 0 Å². The summed E-state index contributed by atoms with van der Waals surface area (Å²) >= 11 is 8.19. The van der Waals surface area contributed by atoms with Crippen molar-refractivity contribution in [3.05, 3.63) is 34.0 Å². The fraction of sp³-hybridized carbons (Fsp3) is 0.632. The Morgan fingerprint density at radius 1 is 0.357 bits per heavy atom. The van der Waals surface area contributed by atoms with E-state index in [0.717, 1.165) is 0 Å². The molecule has 4 heterocycles. The lowest BCUT2D eigenvalue weighted by Gasteiger charge is -2.02. The Morgan fingerprint density at radius 3 is 1.05 bits per heavy atom. The van der Waals surface area contributed by atoms with Gasteiger partial charge in [0.05, 0.1) is 9.40 Å². The zero-order chi connectivity index (χ0) is 29.0. The van der Waals surface area contributed by atoms with Crippen molar-refractivity contribution in [2.24, 2.45) is 0 Å². The highest BCUT2D eigenvalue weighted by Gasteiger charge is 2.15. The lowest BCUT2D eigenvalue weighted by Crippen LogP contribution is -1.84. The molecule has 5 rings (SSSR count). The summed E-state index contributed by atoms with van der Waals surface area (Å²) < 4.78 is 9.07. The molecule has 0 atom stereocenters. The first-order valence-electron chi connectivity index (χ1n) is 17.6. The number of hydrogen-bond donors (Lipinski definition) is 0. The van der Waals surface area contributed by atoms with Gasteiger partial charge in [-0.15, -0.1) is 45.3 Å². The molecule has 0 bridgehead atoms. The van der Waals surface area contributed by atoms with Crippen LogP contribution in [-0.2, 0) is 12.8 Å². The molecule has 0 aliphatic heterocycles. The van der Waals surface area contributed by atoms with Crippen LogP contribution in [0, 0.1) is 0 Å². The third-order valence-corrected chi connectivity index (χ3v) is 14.0. The van der Waals surface area contributed by atoms with Crippen LogP contribution in [0.3, 0.4) is 0 Å². The van der Waals surface area contributed by atoms with Crippen molar-refractivity contribution in [1.82, 2.24) is 0 Å². The number of fused-ring (bicyclic) bond motifs is 6. The largest absolute Gasteiger partial charge is 0.139 e. The highest BCUT2D eigenvalue weighted by molar-refractivity contribution is 7.34. The van der Waals surface area contributed by atoms with Gasteiger partial charge in [0.25, 0.3) is 0 Å². The lowest BCUT2D eigenvalue weighted by molar-refractivity contribution is 0.557. The number of thiophene rings is 4. The van der Waals surface area contributed by atoms with Gasteiger partial charge in [0, 0.05) is 39.3 Å². The van der Waals surface area contributed by atoms with Gasteiger partial charge < -0.3 is 0 Å². The summed E-state index contributed by atoms with van der Waals surface area (Å²) in [7, 11) is 0. The summed E-state index contributed by atoms with van der Waals surface area (Å²) in [5.41, 5.74) is 0. The molecule has 5 aromatic rings. The average molecular weight is 639 g/mol. The van der Waals surface area contributed by atoms with Gasteiger partial charge in [-0.2, -0.15) is 0 Å². The minimum absolute atomic E-state index is 1.27. The zero-order valence-corrected chi connectivity index (χ0v) is 29.8. The van der Waals surface area contributed by atoms with Crippen LogP contribution in [0.5, 0.6) is 0 Å². The Labute approximate surface area is 271 Å². The second kappa shape index (κ2) is 17.5. The van der Waals surface area contributed by atoms with Gasteiger partial charge >= 0.3 is 0 Å². The second-order valence-corrected chi connectivity index (χ2v) is 17.2. The minimum atomic E-state index is 1.27. The third kappa shape index (κ3) is 9.05. The van der Waals surface area contributed by atoms with Crippen LogP contribution >= 0.6 is 45.3 Å². The SMILES string of the molecule is CCCCCCCCCCCCc1cc2sc3cc4c(cc3c2s1)sc1cc(CCCCCCCCCCCC)sc14. The summed E-state index contributed by atoms with van der Waals surface area (Å²) in [4.78, 5) is 3.20. The van der Waals surface area contributed by atoms with E-state index >= 15 is 0 Å². The Balaban J connectivity index is 1.08. The minimum Gasteiger partial charge on any atom is -0.139 e. The number of hydrogen-bond acceptors (Lipinski definition) is 4. The topological polar surface area (TPSA) is 0 Å². The Bertz CT molecular complexity index is 1360. The maximum absolute atomic E-state index is 2.52. The van der Waals surface area contributed by atoms with Crippen molar-refractivity contribution in [1.29, 1.82) is 0 Å². The van der Waals surface area contributed by atoms with E-state index < -0.39 is 0 Å². The summed E-state index contributed by atoms with van der Waals surface area (Å²) in [5.74, 6) is 0. The first kappa shape index (κ1) is 32.5. The van der Waals surface area contributed by atoms with Gasteiger partial charge in [-0.1, -0.05) is 129 Å². The summed E-state index contributed by atoms with van der Waals surface area (Å²) in [6.07, 6.45) is 30.9. The molecule has 0 saturated carbocycles. The fourth-order valence-corrected chi connectivity index (χ4v) is 11.7. The molecule has 4 aromatic heterocycles. The van der Waals surface area contributed by atoms with Crippen LogP contribution in [-0.4, -0.2) is 0 Å². The van der Waals surface area contributed by atoms with E-state index in [4.69, 9.17) is 0 Å². The van der Waals surface area contributed by atoms with E-state index in [2.05, 4.69) is 60.8 Å². The first-order valence-corrected chi connectivity index (χ1v) is 20.8. The predicted octanol–water partition coefficient (Wildman–Crippen LogP) is 15.5. The van der Waals surface area contributed by atoms with Crippen molar-refractivity contribution >= 4 is 84.3 Å². The predicted molar refractivity (Wildman–Crippen MR) is 199 cm³/mol. The van der Waals surface area contributed by atoms with Gasteiger partial charge in [0.2, 0.25) is 0 Å². The van der Waals surface area contributed by atoms with Crippen molar-refractivity contribution in [2.45, 2.75) is 155 Å². The van der Waals surface area contributed by atoms with Gasteiger partial charge in [0.1, 0.15) is 0 Å². The Hall–Kier alpha value is -0.940. The normalized spacial score (nSPS) is 12.2. The first-order chi connectivity index (χ1) is 20.8. The lowest BCUT2D eigenvalue weighted by atomic mass is 10.1. The highest BCUT2D eigenvalue weighted by atomic mass is 32.1. The maximum Gasteiger partial charge on any atom is 0.0532 e. The quantitative estimate of drug-likeness (QED) is 0.0662. The smallest absolute Gasteiger partial charge is 0.0532 e. The fourth-order valence-electron chi connectivity index (χ4n) is 6.51. The van der Waals surface area contributed by atoms with Crippen LogP contribution in [0.4, 0.5) is 0 Å². The van der Waals surface area contributed by atoms with Crippen LogP contribution in [0.1, 0.15) is 152 Å². The summed E-state index contributed by atoms with van der Waals surface area (Å²) in [6, 6.07) is 10.1. The van der Waals surface area contributed by atoms with Crippen molar-refractivity contribution in [3.63, 3.8) is 0 Å². The number of aryl methyl sites for hydroxylation is 2. The molecule has 0 N–H and O–H groups in total. The molecular weight excluding hydrogens is 585 g/mol.